The number of para-hydroxylation sites is 1. The number of nitrogens with zero attached hydrogens (tertiary/aromatic N) is 1. The normalized spacial score (nSPS) is 14.0. The van der Waals surface area contributed by atoms with E-state index in [4.69, 9.17) is 4.42 Å². The van der Waals surface area contributed by atoms with E-state index < -0.39 is 5.60 Å². The molecule has 4 nitrogen and oxygen atoms in total. The third kappa shape index (κ3) is 2.70. The quantitative estimate of drug-likeness (QED) is 0.769. The van der Waals surface area contributed by atoms with Gasteiger partial charge in [0.25, 0.3) is 0 Å². The zero-order chi connectivity index (χ0) is 15.7. The fourth-order valence-electron chi connectivity index (χ4n) is 2.56. The van der Waals surface area contributed by atoms with Gasteiger partial charge in [-0.1, -0.05) is 18.2 Å². The Balaban J connectivity index is 1.86. The minimum absolute atomic E-state index is 0.354. The molecule has 22 heavy (non-hydrogen) atoms. The van der Waals surface area contributed by atoms with Gasteiger partial charge in [-0.2, -0.15) is 0 Å². The number of fused-ring (bicyclic) bond motifs is 1. The molecule has 2 aromatic heterocycles. The number of pyridine rings is 1. The number of aliphatic hydroxyl groups is 1. The van der Waals surface area contributed by atoms with E-state index >= 15 is 0 Å². The van der Waals surface area contributed by atoms with Crippen LogP contribution in [0.4, 0.5) is 5.69 Å². The average Bonchev–Trinajstić information content (AvgIpc) is 2.93. The SMILES string of the molecule is Cc1ccc(C(C)(O)CNc2ccnc3c(C)cccc23)o1. The summed E-state index contributed by atoms with van der Waals surface area (Å²) in [6, 6.07) is 11.7. The largest absolute Gasteiger partial charge is 0.463 e. The van der Waals surface area contributed by atoms with E-state index in [1.54, 1.807) is 13.1 Å². The number of benzene rings is 1. The van der Waals surface area contributed by atoms with E-state index in [1.165, 1.54) is 0 Å². The number of furan rings is 1. The number of aromatic nitrogens is 1. The van der Waals surface area contributed by atoms with Crippen molar-refractivity contribution in [1.82, 2.24) is 4.98 Å². The highest BCUT2D eigenvalue weighted by Gasteiger charge is 2.26. The molecule has 3 aromatic rings. The molecule has 1 aromatic carbocycles. The standard InChI is InChI=1S/C18H20N2O2/c1-12-5-4-6-14-15(9-10-19-17(12)14)20-11-18(3,21)16-8-7-13(2)22-16/h4-10,21H,11H2,1-3H3,(H,19,20). The van der Waals surface area contributed by atoms with Gasteiger partial charge in [-0.25, -0.2) is 0 Å². The molecule has 0 radical (unpaired) electrons. The van der Waals surface area contributed by atoms with Gasteiger partial charge in [-0.15, -0.1) is 0 Å². The monoisotopic (exact) mass is 296 g/mol. The van der Waals surface area contributed by atoms with Gasteiger partial charge in [0, 0.05) is 17.3 Å². The van der Waals surface area contributed by atoms with Crippen LogP contribution in [0, 0.1) is 13.8 Å². The third-order valence-corrected chi connectivity index (χ3v) is 3.87. The summed E-state index contributed by atoms with van der Waals surface area (Å²) in [7, 11) is 0. The van der Waals surface area contributed by atoms with Crippen molar-refractivity contribution >= 4 is 16.6 Å². The van der Waals surface area contributed by atoms with Gasteiger partial charge in [-0.05, 0) is 44.5 Å². The van der Waals surface area contributed by atoms with Crippen LogP contribution in [0.2, 0.25) is 0 Å². The van der Waals surface area contributed by atoms with Crippen LogP contribution in [0.15, 0.2) is 47.0 Å². The van der Waals surface area contributed by atoms with Gasteiger partial charge in [0.05, 0.1) is 12.1 Å². The van der Waals surface area contributed by atoms with Crippen LogP contribution in [0.1, 0.15) is 24.0 Å². The Morgan fingerprint density at radius 1 is 1.18 bits per heavy atom. The second-order valence-corrected chi connectivity index (χ2v) is 5.87. The van der Waals surface area contributed by atoms with Gasteiger partial charge in [0.1, 0.15) is 17.1 Å². The summed E-state index contributed by atoms with van der Waals surface area (Å²) < 4.78 is 5.54. The molecule has 3 rings (SSSR count). The van der Waals surface area contributed by atoms with E-state index in [-0.39, 0.29) is 0 Å². The first-order chi connectivity index (χ1) is 10.5. The molecule has 4 heteroatoms. The Bertz CT molecular complexity index is 806. The molecule has 0 aliphatic rings. The first-order valence-corrected chi connectivity index (χ1v) is 7.35. The fraction of sp³-hybridized carbons (Fsp3) is 0.278. The topological polar surface area (TPSA) is 58.3 Å². The molecule has 0 amide bonds. The molecule has 1 unspecified atom stereocenters. The Kier molecular flexibility index (Phi) is 3.62. The van der Waals surface area contributed by atoms with Crippen molar-refractivity contribution in [2.75, 3.05) is 11.9 Å². The first kappa shape index (κ1) is 14.6. The van der Waals surface area contributed by atoms with Crippen molar-refractivity contribution in [3.05, 3.63) is 59.7 Å². The minimum atomic E-state index is -1.08. The molecule has 0 fully saturated rings. The van der Waals surface area contributed by atoms with E-state index in [9.17, 15) is 5.11 Å². The first-order valence-electron chi connectivity index (χ1n) is 7.35. The van der Waals surface area contributed by atoms with Crippen LogP contribution >= 0.6 is 0 Å². The van der Waals surface area contributed by atoms with Crippen molar-refractivity contribution in [2.45, 2.75) is 26.4 Å². The number of anilines is 1. The summed E-state index contributed by atoms with van der Waals surface area (Å²) in [6.45, 7) is 6.01. The van der Waals surface area contributed by atoms with E-state index in [0.29, 0.717) is 12.3 Å². The Morgan fingerprint density at radius 2 is 2.00 bits per heavy atom. The maximum Gasteiger partial charge on any atom is 0.137 e. The van der Waals surface area contributed by atoms with Gasteiger partial charge >= 0.3 is 0 Å². The van der Waals surface area contributed by atoms with Crippen LogP contribution in [0.3, 0.4) is 0 Å². The second kappa shape index (κ2) is 5.46. The van der Waals surface area contributed by atoms with E-state index in [2.05, 4.69) is 10.3 Å². The van der Waals surface area contributed by atoms with Gasteiger partial charge < -0.3 is 14.8 Å². The van der Waals surface area contributed by atoms with Crippen molar-refractivity contribution < 1.29 is 9.52 Å². The lowest BCUT2D eigenvalue weighted by atomic mass is 10.0. The predicted molar refractivity (Wildman–Crippen MR) is 88.0 cm³/mol. The molecular weight excluding hydrogens is 276 g/mol. The second-order valence-electron chi connectivity index (χ2n) is 5.87. The number of rotatable bonds is 4. The summed E-state index contributed by atoms with van der Waals surface area (Å²) in [6.07, 6.45) is 1.78. The molecule has 114 valence electrons. The summed E-state index contributed by atoms with van der Waals surface area (Å²) in [5, 5.41) is 15.0. The van der Waals surface area contributed by atoms with Crippen molar-refractivity contribution in [3.8, 4) is 0 Å². The number of aryl methyl sites for hydroxylation is 2. The van der Waals surface area contributed by atoms with Crippen LogP contribution in [-0.4, -0.2) is 16.6 Å². The molecule has 0 bridgehead atoms. The van der Waals surface area contributed by atoms with Crippen molar-refractivity contribution in [1.29, 1.82) is 0 Å². The Labute approximate surface area is 129 Å². The highest BCUT2D eigenvalue weighted by Crippen LogP contribution is 2.27. The Morgan fingerprint density at radius 3 is 2.73 bits per heavy atom. The third-order valence-electron chi connectivity index (χ3n) is 3.87. The smallest absolute Gasteiger partial charge is 0.137 e. The fourth-order valence-corrected chi connectivity index (χ4v) is 2.56. The molecule has 0 spiro atoms. The zero-order valence-electron chi connectivity index (χ0n) is 13.1. The van der Waals surface area contributed by atoms with Gasteiger partial charge in [-0.3, -0.25) is 4.98 Å². The molecule has 0 aliphatic carbocycles. The van der Waals surface area contributed by atoms with Crippen molar-refractivity contribution in [2.24, 2.45) is 0 Å². The summed E-state index contributed by atoms with van der Waals surface area (Å²) in [5.74, 6) is 1.35. The maximum absolute atomic E-state index is 10.6. The minimum Gasteiger partial charge on any atom is -0.463 e. The summed E-state index contributed by atoms with van der Waals surface area (Å²) >= 11 is 0. The molecule has 0 aliphatic heterocycles. The molecule has 2 heterocycles. The van der Waals surface area contributed by atoms with Crippen LogP contribution in [0.25, 0.3) is 10.9 Å². The van der Waals surface area contributed by atoms with Crippen LogP contribution in [-0.2, 0) is 5.60 Å². The molecule has 1 atom stereocenters. The average molecular weight is 296 g/mol. The molecule has 0 saturated heterocycles. The molecular formula is C18H20N2O2. The highest BCUT2D eigenvalue weighted by molar-refractivity contribution is 5.92. The highest BCUT2D eigenvalue weighted by atomic mass is 16.4. The van der Waals surface area contributed by atoms with Crippen LogP contribution < -0.4 is 5.32 Å². The summed E-state index contributed by atoms with van der Waals surface area (Å²) in [5.41, 5.74) is 1.99. The van der Waals surface area contributed by atoms with E-state index in [1.807, 2.05) is 50.2 Å². The Hall–Kier alpha value is -2.33. The number of nitrogens with one attached hydrogen (secondary N) is 1. The molecule has 2 N–H and O–H groups in total. The zero-order valence-corrected chi connectivity index (χ0v) is 13.1. The van der Waals surface area contributed by atoms with Crippen molar-refractivity contribution in [3.63, 3.8) is 0 Å². The predicted octanol–water partition coefficient (Wildman–Crippen LogP) is 3.76. The number of hydrogen-bond donors (Lipinski definition) is 2. The lowest BCUT2D eigenvalue weighted by Crippen LogP contribution is -2.30. The van der Waals surface area contributed by atoms with Crippen LogP contribution in [0.5, 0.6) is 0 Å². The summed E-state index contributed by atoms with van der Waals surface area (Å²) in [4.78, 5) is 4.43. The van der Waals surface area contributed by atoms with Gasteiger partial charge in [0.2, 0.25) is 0 Å². The lowest BCUT2D eigenvalue weighted by Gasteiger charge is -2.22. The van der Waals surface area contributed by atoms with E-state index in [0.717, 1.165) is 27.9 Å². The van der Waals surface area contributed by atoms with Gasteiger partial charge in [0.15, 0.2) is 0 Å². The maximum atomic E-state index is 10.6. The lowest BCUT2D eigenvalue weighted by molar-refractivity contribution is 0.0468. The molecule has 0 saturated carbocycles. The number of hydrogen-bond acceptors (Lipinski definition) is 4.